The summed E-state index contributed by atoms with van der Waals surface area (Å²) in [6.07, 6.45) is 0. The van der Waals surface area contributed by atoms with Gasteiger partial charge in [0, 0.05) is 49.7 Å². The highest BCUT2D eigenvalue weighted by molar-refractivity contribution is 6.04. The van der Waals surface area contributed by atoms with E-state index in [0.29, 0.717) is 11.3 Å². The van der Waals surface area contributed by atoms with E-state index >= 15 is 0 Å². The van der Waals surface area contributed by atoms with E-state index in [9.17, 15) is 4.79 Å². The molecule has 0 bridgehead atoms. The van der Waals surface area contributed by atoms with Crippen LogP contribution in [0.15, 0.2) is 42.5 Å². The number of nitrogens with two attached hydrogens (primary N) is 1. The normalized spacial score (nSPS) is 15.9. The van der Waals surface area contributed by atoms with E-state index in [0.717, 1.165) is 44.0 Å². The van der Waals surface area contributed by atoms with Crippen LogP contribution < -0.4 is 11.1 Å². The molecule has 0 atom stereocenters. The molecule has 132 valence electrons. The van der Waals surface area contributed by atoms with Crippen LogP contribution >= 0.6 is 0 Å². The van der Waals surface area contributed by atoms with E-state index in [1.807, 2.05) is 37.3 Å². The number of carbonyl (C=O) groups is 1. The van der Waals surface area contributed by atoms with Crippen molar-refractivity contribution in [2.45, 2.75) is 13.5 Å². The van der Waals surface area contributed by atoms with Gasteiger partial charge in [0.05, 0.1) is 0 Å². The van der Waals surface area contributed by atoms with Crippen molar-refractivity contribution in [3.8, 4) is 0 Å². The number of nitrogens with zero attached hydrogens (tertiary/aromatic N) is 2. The van der Waals surface area contributed by atoms with Crippen molar-refractivity contribution in [1.29, 1.82) is 0 Å². The molecule has 3 N–H and O–H groups in total. The molecule has 0 unspecified atom stereocenters. The van der Waals surface area contributed by atoms with Gasteiger partial charge in [-0.3, -0.25) is 9.69 Å². The molecule has 0 radical (unpaired) electrons. The fourth-order valence-electron chi connectivity index (χ4n) is 3.04. The lowest BCUT2D eigenvalue weighted by Gasteiger charge is -2.32. The van der Waals surface area contributed by atoms with Crippen molar-refractivity contribution < 1.29 is 4.79 Å². The van der Waals surface area contributed by atoms with Crippen LogP contribution in [-0.2, 0) is 6.54 Å². The summed E-state index contributed by atoms with van der Waals surface area (Å²) in [6.45, 7) is 7.15. The van der Waals surface area contributed by atoms with Crippen molar-refractivity contribution in [1.82, 2.24) is 9.80 Å². The zero-order valence-electron chi connectivity index (χ0n) is 15.0. The van der Waals surface area contributed by atoms with Crippen LogP contribution in [0.4, 0.5) is 11.4 Å². The van der Waals surface area contributed by atoms with Gasteiger partial charge in [-0.25, -0.2) is 0 Å². The molecule has 1 heterocycles. The molecule has 3 rings (SSSR count). The van der Waals surface area contributed by atoms with Crippen LogP contribution in [0.3, 0.4) is 0 Å². The highest BCUT2D eigenvalue weighted by Gasteiger charge is 2.15. The number of likely N-dealkylation sites (N-methyl/N-ethyl adjacent to an activating group) is 1. The maximum atomic E-state index is 12.6. The lowest BCUT2D eigenvalue weighted by Crippen LogP contribution is -2.43. The Balaban J connectivity index is 1.68. The average molecular weight is 338 g/mol. The highest BCUT2D eigenvalue weighted by atomic mass is 16.1. The van der Waals surface area contributed by atoms with Gasteiger partial charge in [0.1, 0.15) is 0 Å². The number of piperazine rings is 1. The number of nitrogens with one attached hydrogen (secondary N) is 1. The summed E-state index contributed by atoms with van der Waals surface area (Å²) >= 11 is 0. The van der Waals surface area contributed by atoms with Gasteiger partial charge < -0.3 is 16.0 Å². The quantitative estimate of drug-likeness (QED) is 0.841. The second-order valence-corrected chi connectivity index (χ2v) is 6.81. The number of amides is 1. The zero-order valence-corrected chi connectivity index (χ0v) is 15.0. The second kappa shape index (κ2) is 7.68. The van der Waals surface area contributed by atoms with Crippen molar-refractivity contribution in [3.63, 3.8) is 0 Å². The third kappa shape index (κ3) is 4.59. The largest absolute Gasteiger partial charge is 0.399 e. The Morgan fingerprint density at radius 3 is 2.64 bits per heavy atom. The summed E-state index contributed by atoms with van der Waals surface area (Å²) in [5, 5.41) is 2.96. The van der Waals surface area contributed by atoms with Gasteiger partial charge in [-0.05, 0) is 49.4 Å². The molecule has 0 aromatic heterocycles. The van der Waals surface area contributed by atoms with Gasteiger partial charge in [-0.15, -0.1) is 0 Å². The van der Waals surface area contributed by atoms with Gasteiger partial charge in [-0.2, -0.15) is 0 Å². The van der Waals surface area contributed by atoms with Crippen LogP contribution in [0.2, 0.25) is 0 Å². The zero-order chi connectivity index (χ0) is 17.8. The third-order valence-corrected chi connectivity index (χ3v) is 4.70. The highest BCUT2D eigenvalue weighted by Crippen LogP contribution is 2.19. The summed E-state index contributed by atoms with van der Waals surface area (Å²) in [5.74, 6) is -0.103. The fourth-order valence-corrected chi connectivity index (χ4v) is 3.04. The van der Waals surface area contributed by atoms with Crippen LogP contribution in [0.1, 0.15) is 21.5 Å². The van der Waals surface area contributed by atoms with Crippen LogP contribution in [-0.4, -0.2) is 48.9 Å². The van der Waals surface area contributed by atoms with E-state index in [4.69, 9.17) is 5.73 Å². The van der Waals surface area contributed by atoms with Gasteiger partial charge in [0.25, 0.3) is 5.91 Å². The van der Waals surface area contributed by atoms with Crippen molar-refractivity contribution >= 4 is 17.3 Å². The second-order valence-electron chi connectivity index (χ2n) is 6.81. The van der Waals surface area contributed by atoms with Gasteiger partial charge in [0.2, 0.25) is 0 Å². The smallest absolute Gasteiger partial charge is 0.255 e. The maximum absolute atomic E-state index is 12.6. The van der Waals surface area contributed by atoms with E-state index in [-0.39, 0.29) is 5.91 Å². The first kappa shape index (κ1) is 17.5. The van der Waals surface area contributed by atoms with E-state index < -0.39 is 0 Å². The Morgan fingerprint density at radius 1 is 1.12 bits per heavy atom. The minimum absolute atomic E-state index is 0.103. The number of nitrogen functional groups attached to an aromatic ring is 1. The summed E-state index contributed by atoms with van der Waals surface area (Å²) < 4.78 is 0. The molecule has 2 aromatic carbocycles. The topological polar surface area (TPSA) is 61.6 Å². The number of hydrogen-bond acceptors (Lipinski definition) is 4. The number of rotatable bonds is 4. The molecule has 0 aliphatic carbocycles. The van der Waals surface area contributed by atoms with Crippen molar-refractivity contribution in [3.05, 3.63) is 59.2 Å². The van der Waals surface area contributed by atoms with Crippen molar-refractivity contribution in [2.75, 3.05) is 44.3 Å². The van der Waals surface area contributed by atoms with E-state index in [2.05, 4.69) is 28.2 Å². The first-order valence-corrected chi connectivity index (χ1v) is 8.68. The fraction of sp³-hybridized carbons (Fsp3) is 0.350. The molecule has 5 nitrogen and oxygen atoms in total. The number of hydrogen-bond donors (Lipinski definition) is 2. The average Bonchev–Trinajstić information content (AvgIpc) is 2.60. The molecule has 0 spiro atoms. The molecule has 0 saturated carbocycles. The number of benzene rings is 2. The summed E-state index contributed by atoms with van der Waals surface area (Å²) in [5.41, 5.74) is 10.1. The molecule has 1 fully saturated rings. The molecule has 5 heteroatoms. The lowest BCUT2D eigenvalue weighted by molar-refractivity contribution is 0.102. The van der Waals surface area contributed by atoms with E-state index in [1.54, 1.807) is 6.07 Å². The molecule has 2 aromatic rings. The van der Waals surface area contributed by atoms with Gasteiger partial charge >= 0.3 is 0 Å². The van der Waals surface area contributed by atoms with Crippen LogP contribution in [0, 0.1) is 6.92 Å². The lowest BCUT2D eigenvalue weighted by atomic mass is 10.1. The minimum Gasteiger partial charge on any atom is -0.399 e. The molecule has 1 aliphatic heterocycles. The molecular formula is C20H26N4O. The number of anilines is 2. The molecular weight excluding hydrogens is 312 g/mol. The standard InChI is InChI=1S/C20H26N4O/c1-15-6-7-18(21)13-19(15)22-20(25)17-5-3-4-16(12-17)14-24-10-8-23(2)9-11-24/h3-7,12-13H,8-11,14,21H2,1-2H3,(H,22,25). The summed E-state index contributed by atoms with van der Waals surface area (Å²) in [4.78, 5) is 17.4. The summed E-state index contributed by atoms with van der Waals surface area (Å²) in [7, 11) is 2.15. The van der Waals surface area contributed by atoms with Gasteiger partial charge in [-0.1, -0.05) is 18.2 Å². The SMILES string of the molecule is Cc1ccc(N)cc1NC(=O)c1cccc(CN2CCN(C)CC2)c1. The third-order valence-electron chi connectivity index (χ3n) is 4.70. The van der Waals surface area contributed by atoms with Crippen LogP contribution in [0.5, 0.6) is 0 Å². The summed E-state index contributed by atoms with van der Waals surface area (Å²) in [6, 6.07) is 13.4. The predicted octanol–water partition coefficient (Wildman–Crippen LogP) is 2.58. The minimum atomic E-state index is -0.103. The maximum Gasteiger partial charge on any atom is 0.255 e. The molecule has 25 heavy (non-hydrogen) atoms. The first-order valence-electron chi connectivity index (χ1n) is 8.68. The Hall–Kier alpha value is -2.37. The molecule has 1 amide bonds. The Morgan fingerprint density at radius 2 is 1.88 bits per heavy atom. The van der Waals surface area contributed by atoms with Crippen molar-refractivity contribution in [2.24, 2.45) is 0 Å². The van der Waals surface area contributed by atoms with E-state index in [1.165, 1.54) is 5.56 Å². The first-order chi connectivity index (χ1) is 12.0. The Labute approximate surface area is 149 Å². The molecule has 1 aliphatic rings. The van der Waals surface area contributed by atoms with Crippen LogP contribution in [0.25, 0.3) is 0 Å². The Kier molecular flexibility index (Phi) is 5.36. The predicted molar refractivity (Wildman–Crippen MR) is 103 cm³/mol. The Bertz CT molecular complexity index is 751. The number of aryl methyl sites for hydroxylation is 1. The monoisotopic (exact) mass is 338 g/mol. The molecule has 1 saturated heterocycles. The number of carbonyl (C=O) groups excluding carboxylic acids is 1. The van der Waals surface area contributed by atoms with Gasteiger partial charge in [0.15, 0.2) is 0 Å².